The molecule has 0 saturated carbocycles. The highest BCUT2D eigenvalue weighted by Crippen LogP contribution is 2.23. The van der Waals surface area contributed by atoms with E-state index in [4.69, 9.17) is 4.74 Å². The van der Waals surface area contributed by atoms with E-state index in [0.29, 0.717) is 0 Å². The highest BCUT2D eigenvalue weighted by atomic mass is 16.5. The maximum absolute atomic E-state index is 5.26. The average Bonchev–Trinajstić information content (AvgIpc) is 2.93. The fourth-order valence-corrected chi connectivity index (χ4v) is 3.05. The Morgan fingerprint density at radius 2 is 1.73 bits per heavy atom. The molecule has 0 amide bonds. The van der Waals surface area contributed by atoms with Crippen LogP contribution in [-0.2, 0) is 0 Å². The summed E-state index contributed by atoms with van der Waals surface area (Å²) in [6.07, 6.45) is 1.92. The molecule has 3 rings (SSSR count). The van der Waals surface area contributed by atoms with Gasteiger partial charge in [0.1, 0.15) is 5.75 Å². The van der Waals surface area contributed by atoms with Crippen LogP contribution in [0.15, 0.2) is 59.6 Å². The third-order valence-corrected chi connectivity index (χ3v) is 4.50. The summed E-state index contributed by atoms with van der Waals surface area (Å²) in [6, 6.07) is 18.5. The third kappa shape index (κ3) is 3.64. The minimum absolute atomic E-state index is 0.811. The highest BCUT2D eigenvalue weighted by molar-refractivity contribution is 5.84. The zero-order valence-corrected chi connectivity index (χ0v) is 16.0. The van der Waals surface area contributed by atoms with E-state index in [1.807, 2.05) is 44.6 Å². The minimum Gasteiger partial charge on any atom is -0.497 e. The normalized spacial score (nSPS) is 11.1. The Hall–Kier alpha value is -3.01. The van der Waals surface area contributed by atoms with Crippen molar-refractivity contribution < 1.29 is 4.74 Å². The Labute approximate surface area is 155 Å². The van der Waals surface area contributed by atoms with Crippen LogP contribution in [0.1, 0.15) is 17.0 Å². The molecule has 4 heteroatoms. The van der Waals surface area contributed by atoms with E-state index in [1.54, 1.807) is 7.11 Å². The molecule has 0 saturated heterocycles. The van der Waals surface area contributed by atoms with Crippen molar-refractivity contribution in [3.8, 4) is 11.4 Å². The van der Waals surface area contributed by atoms with Crippen LogP contribution < -0.4 is 9.64 Å². The van der Waals surface area contributed by atoms with Crippen LogP contribution in [-0.4, -0.2) is 32.0 Å². The zero-order valence-electron chi connectivity index (χ0n) is 16.0. The Kier molecular flexibility index (Phi) is 5.12. The van der Waals surface area contributed by atoms with E-state index in [9.17, 15) is 0 Å². The first-order valence-electron chi connectivity index (χ1n) is 8.64. The SMILES string of the molecule is COc1cccc(N=Cc2cc(C)n(-c3ccc(N(C)C)cc3)c2C)c1. The summed E-state index contributed by atoms with van der Waals surface area (Å²) >= 11 is 0. The smallest absolute Gasteiger partial charge is 0.121 e. The van der Waals surface area contributed by atoms with Crippen molar-refractivity contribution in [2.75, 3.05) is 26.1 Å². The maximum Gasteiger partial charge on any atom is 0.121 e. The van der Waals surface area contributed by atoms with Gasteiger partial charge >= 0.3 is 0 Å². The Bertz CT molecular complexity index is 921. The van der Waals surface area contributed by atoms with Gasteiger partial charge in [-0.25, -0.2) is 0 Å². The monoisotopic (exact) mass is 347 g/mol. The summed E-state index contributed by atoms with van der Waals surface area (Å²) in [6.45, 7) is 4.25. The number of hydrogen-bond donors (Lipinski definition) is 0. The fourth-order valence-electron chi connectivity index (χ4n) is 3.05. The van der Waals surface area contributed by atoms with Gasteiger partial charge in [0.25, 0.3) is 0 Å². The van der Waals surface area contributed by atoms with E-state index in [-0.39, 0.29) is 0 Å². The summed E-state index contributed by atoms with van der Waals surface area (Å²) < 4.78 is 7.51. The summed E-state index contributed by atoms with van der Waals surface area (Å²) in [5.74, 6) is 0.811. The molecule has 0 spiro atoms. The molecule has 1 heterocycles. The molecule has 0 unspecified atom stereocenters. The van der Waals surface area contributed by atoms with Crippen LogP contribution in [0.3, 0.4) is 0 Å². The van der Waals surface area contributed by atoms with Gasteiger partial charge in [0.15, 0.2) is 0 Å². The van der Waals surface area contributed by atoms with Crippen molar-refractivity contribution in [1.29, 1.82) is 0 Å². The molecule has 0 aliphatic heterocycles. The largest absolute Gasteiger partial charge is 0.497 e. The van der Waals surface area contributed by atoms with E-state index in [0.717, 1.165) is 22.7 Å². The topological polar surface area (TPSA) is 29.8 Å². The van der Waals surface area contributed by atoms with Gasteiger partial charge in [0, 0.05) is 54.7 Å². The van der Waals surface area contributed by atoms with E-state index in [1.165, 1.54) is 17.1 Å². The summed E-state index contributed by atoms with van der Waals surface area (Å²) in [5, 5.41) is 0. The zero-order chi connectivity index (χ0) is 18.7. The van der Waals surface area contributed by atoms with Crippen molar-refractivity contribution in [3.63, 3.8) is 0 Å². The highest BCUT2D eigenvalue weighted by Gasteiger charge is 2.09. The maximum atomic E-state index is 5.26. The molecule has 134 valence electrons. The van der Waals surface area contributed by atoms with Crippen LogP contribution in [0.4, 0.5) is 11.4 Å². The van der Waals surface area contributed by atoms with Crippen LogP contribution in [0.5, 0.6) is 5.75 Å². The third-order valence-electron chi connectivity index (χ3n) is 4.50. The number of methoxy groups -OCH3 is 1. The summed E-state index contributed by atoms with van der Waals surface area (Å²) in [5.41, 5.74) is 6.70. The van der Waals surface area contributed by atoms with Crippen molar-refractivity contribution in [2.24, 2.45) is 4.99 Å². The average molecular weight is 347 g/mol. The van der Waals surface area contributed by atoms with E-state index in [2.05, 4.69) is 58.6 Å². The van der Waals surface area contributed by atoms with Crippen molar-refractivity contribution in [1.82, 2.24) is 4.57 Å². The molecule has 0 bridgehead atoms. The predicted octanol–water partition coefficient (Wildman–Crippen LogP) is 4.92. The van der Waals surface area contributed by atoms with Gasteiger partial charge in [0.2, 0.25) is 0 Å². The van der Waals surface area contributed by atoms with Crippen molar-refractivity contribution in [2.45, 2.75) is 13.8 Å². The standard InChI is InChI=1S/C22H25N3O/c1-16-13-18(15-23-19-7-6-8-22(14-19)26-5)17(2)25(16)21-11-9-20(10-12-21)24(3)4/h6-15H,1-5H3. The first-order chi connectivity index (χ1) is 12.5. The number of rotatable bonds is 5. The molecule has 0 atom stereocenters. The molecule has 26 heavy (non-hydrogen) atoms. The van der Waals surface area contributed by atoms with Gasteiger partial charge in [-0.05, 0) is 56.3 Å². The molecule has 0 aliphatic rings. The minimum atomic E-state index is 0.811. The van der Waals surface area contributed by atoms with E-state index >= 15 is 0 Å². The second-order valence-corrected chi connectivity index (χ2v) is 6.53. The van der Waals surface area contributed by atoms with Gasteiger partial charge in [-0.3, -0.25) is 4.99 Å². The van der Waals surface area contributed by atoms with Crippen LogP contribution in [0, 0.1) is 13.8 Å². The van der Waals surface area contributed by atoms with Crippen molar-refractivity contribution >= 4 is 17.6 Å². The molecule has 3 aromatic rings. The first kappa shape index (κ1) is 17.8. The molecule has 4 nitrogen and oxygen atoms in total. The second kappa shape index (κ2) is 7.48. The molecule has 0 radical (unpaired) electrons. The number of aryl methyl sites for hydroxylation is 1. The van der Waals surface area contributed by atoms with E-state index < -0.39 is 0 Å². The number of hydrogen-bond acceptors (Lipinski definition) is 3. The lowest BCUT2D eigenvalue weighted by Crippen LogP contribution is -2.08. The molecule has 0 aliphatic carbocycles. The number of nitrogens with zero attached hydrogens (tertiary/aromatic N) is 3. The predicted molar refractivity (Wildman–Crippen MR) is 110 cm³/mol. The number of benzene rings is 2. The molecule has 2 aromatic carbocycles. The Morgan fingerprint density at radius 3 is 2.38 bits per heavy atom. The van der Waals surface area contributed by atoms with Gasteiger partial charge in [0.05, 0.1) is 12.8 Å². The lowest BCUT2D eigenvalue weighted by molar-refractivity contribution is 0.415. The first-order valence-corrected chi connectivity index (χ1v) is 8.64. The second-order valence-electron chi connectivity index (χ2n) is 6.53. The number of aliphatic imine (C=N–C) groups is 1. The fraction of sp³-hybridized carbons (Fsp3) is 0.227. The van der Waals surface area contributed by atoms with Gasteiger partial charge < -0.3 is 14.2 Å². The van der Waals surface area contributed by atoms with Gasteiger partial charge in [-0.2, -0.15) is 0 Å². The number of anilines is 1. The lowest BCUT2D eigenvalue weighted by Gasteiger charge is -2.14. The Morgan fingerprint density at radius 1 is 1.00 bits per heavy atom. The van der Waals surface area contributed by atoms with Crippen LogP contribution in [0.25, 0.3) is 5.69 Å². The molecular formula is C22H25N3O. The molecular weight excluding hydrogens is 322 g/mol. The van der Waals surface area contributed by atoms with Crippen LogP contribution >= 0.6 is 0 Å². The summed E-state index contributed by atoms with van der Waals surface area (Å²) in [7, 11) is 5.76. The molecule has 0 N–H and O–H groups in total. The summed E-state index contributed by atoms with van der Waals surface area (Å²) in [4.78, 5) is 6.71. The van der Waals surface area contributed by atoms with Gasteiger partial charge in [-0.15, -0.1) is 0 Å². The molecule has 0 fully saturated rings. The van der Waals surface area contributed by atoms with Crippen molar-refractivity contribution in [3.05, 3.63) is 71.5 Å². The van der Waals surface area contributed by atoms with Crippen LogP contribution in [0.2, 0.25) is 0 Å². The number of aromatic nitrogens is 1. The number of ether oxygens (including phenoxy) is 1. The Balaban J connectivity index is 1.91. The quantitative estimate of drug-likeness (QED) is 0.613. The van der Waals surface area contributed by atoms with Gasteiger partial charge in [-0.1, -0.05) is 6.07 Å². The molecule has 1 aromatic heterocycles. The lowest BCUT2D eigenvalue weighted by atomic mass is 10.2.